The first-order valence-electron chi connectivity index (χ1n) is 17.5. The van der Waals surface area contributed by atoms with Crippen molar-refractivity contribution in [1.29, 1.82) is 0 Å². The van der Waals surface area contributed by atoms with Gasteiger partial charge >= 0.3 is 286 Å². The number of rotatable bonds is 10. The molecule has 45 heavy (non-hydrogen) atoms. The van der Waals surface area contributed by atoms with Crippen LogP contribution in [0.3, 0.4) is 0 Å². The Morgan fingerprint density at radius 3 is 1.36 bits per heavy atom. The molecule has 0 heterocycles. The first-order valence-corrected chi connectivity index (χ1v) is 28.6. The van der Waals surface area contributed by atoms with Gasteiger partial charge in [0.15, 0.2) is 0 Å². The Morgan fingerprint density at radius 1 is 0.622 bits per heavy atom. The molecule has 0 saturated heterocycles. The van der Waals surface area contributed by atoms with E-state index < -0.39 is 19.1 Å². The third-order valence-corrected chi connectivity index (χ3v) is 43.6. The predicted molar refractivity (Wildman–Crippen MR) is 202 cm³/mol. The van der Waals surface area contributed by atoms with E-state index in [1.54, 1.807) is 0 Å². The molecule has 241 valence electrons. The van der Waals surface area contributed by atoms with Crippen molar-refractivity contribution in [3.05, 3.63) is 110 Å². The number of allylic oxidation sites excluding steroid dienone is 2. The van der Waals surface area contributed by atoms with Crippen molar-refractivity contribution in [2.75, 3.05) is 0 Å². The zero-order valence-electron chi connectivity index (χ0n) is 29.6. The second kappa shape index (κ2) is 12.9. The Labute approximate surface area is 284 Å². The van der Waals surface area contributed by atoms with Gasteiger partial charge < -0.3 is 0 Å². The first kappa shape index (κ1) is 35.0. The molecular weight excluding hydrogens is 639 g/mol. The van der Waals surface area contributed by atoms with Crippen LogP contribution in [0.4, 0.5) is 0 Å². The van der Waals surface area contributed by atoms with Gasteiger partial charge in [0.25, 0.3) is 0 Å². The molecule has 0 aromatic heterocycles. The summed E-state index contributed by atoms with van der Waals surface area (Å²) >= 11 is -4.75. The second-order valence-corrected chi connectivity index (χ2v) is 42.9. The quantitative estimate of drug-likeness (QED) is 0.185. The standard InChI is InChI=1S/2C17H23.C7H9Si.2ClH.Ti/c2*1-6-13-7-15-9-14(11(2)3)10-16(12(4)5)17(15)8-13;1-8-7-5-3-2-4-6-7;;;/h2*7-12H,6H2,1-5H3;2-6,8H,1H3;2*1H;/q;;;;;+2/p-2. The molecule has 3 aromatic rings. The SMILES string of the molecule is CCC1=Cc2c(C(C)C)cc(C(C)C)cc2[CH]1[Ti]([Cl])([Cl])([CH]1C(CC)=Cc2c(C(C)C)cc(C(C)C)cc21)[SiH](C)c1ccccc1. The van der Waals surface area contributed by atoms with Crippen molar-refractivity contribution in [1.82, 2.24) is 0 Å². The molecule has 4 heteroatoms. The Balaban J connectivity index is 1.93. The summed E-state index contributed by atoms with van der Waals surface area (Å²) in [5.74, 6) is 1.73. The van der Waals surface area contributed by atoms with Crippen LogP contribution in [0.5, 0.6) is 0 Å². The summed E-state index contributed by atoms with van der Waals surface area (Å²) in [6.45, 7) is 23.9. The van der Waals surface area contributed by atoms with E-state index in [2.05, 4.69) is 143 Å². The summed E-state index contributed by atoms with van der Waals surface area (Å²) in [5, 5.41) is 1.40. The molecule has 2 aliphatic carbocycles. The van der Waals surface area contributed by atoms with E-state index in [-0.39, 0.29) is 8.45 Å². The van der Waals surface area contributed by atoms with Gasteiger partial charge in [-0.05, 0) is 0 Å². The van der Waals surface area contributed by atoms with Gasteiger partial charge in [0, 0.05) is 0 Å². The Kier molecular flexibility index (Phi) is 10.0. The molecular formula is C41H55Cl2SiTi. The minimum atomic E-state index is -4.75. The third-order valence-electron chi connectivity index (χ3n) is 11.2. The molecule has 2 aliphatic rings. The van der Waals surface area contributed by atoms with E-state index in [0.29, 0.717) is 23.7 Å². The molecule has 0 radical (unpaired) electrons. The van der Waals surface area contributed by atoms with Crippen LogP contribution in [0.2, 0.25) is 6.55 Å². The molecule has 5 rings (SSSR count). The van der Waals surface area contributed by atoms with Crippen LogP contribution in [0, 0.1) is 0 Å². The van der Waals surface area contributed by atoms with Crippen LogP contribution in [0.25, 0.3) is 12.2 Å². The molecule has 0 bridgehead atoms. The number of hydrogen-bond donors (Lipinski definition) is 0. The van der Waals surface area contributed by atoms with Gasteiger partial charge in [0.2, 0.25) is 0 Å². The third kappa shape index (κ3) is 5.76. The zero-order valence-corrected chi connectivity index (χ0v) is 33.8. The summed E-state index contributed by atoms with van der Waals surface area (Å²) in [6.07, 6.45) is 6.98. The van der Waals surface area contributed by atoms with E-state index in [0.717, 1.165) is 12.8 Å². The molecule has 0 aliphatic heterocycles. The van der Waals surface area contributed by atoms with Crippen LogP contribution in [-0.2, 0) is 12.4 Å². The molecule has 3 unspecified atom stereocenters. The minimum absolute atomic E-state index is 0.0829. The maximum absolute atomic E-state index is 8.96. The van der Waals surface area contributed by atoms with Crippen LogP contribution in [0.15, 0.2) is 65.7 Å². The van der Waals surface area contributed by atoms with Gasteiger partial charge in [-0.3, -0.25) is 0 Å². The van der Waals surface area contributed by atoms with Gasteiger partial charge in [0.05, 0.1) is 0 Å². The Hall–Kier alpha value is -1.35. The van der Waals surface area contributed by atoms with Gasteiger partial charge in [-0.2, -0.15) is 0 Å². The molecule has 0 amide bonds. The van der Waals surface area contributed by atoms with Crippen molar-refractivity contribution in [2.24, 2.45) is 0 Å². The predicted octanol–water partition coefficient (Wildman–Crippen LogP) is 12.8. The van der Waals surface area contributed by atoms with Crippen molar-refractivity contribution in [2.45, 2.75) is 121 Å². The number of hydrogen-bond acceptors (Lipinski definition) is 0. The van der Waals surface area contributed by atoms with E-state index in [1.165, 1.54) is 60.8 Å². The van der Waals surface area contributed by atoms with Crippen molar-refractivity contribution in [3.8, 4) is 0 Å². The summed E-state index contributed by atoms with van der Waals surface area (Å²) < 4.78 is 0.166. The normalized spacial score (nSPS) is 19.5. The van der Waals surface area contributed by atoms with Crippen molar-refractivity contribution in [3.63, 3.8) is 0 Å². The Bertz CT molecular complexity index is 1550. The average Bonchev–Trinajstić information content (AvgIpc) is 3.59. The summed E-state index contributed by atoms with van der Waals surface area (Å²) in [6, 6.07) is 21.1. The van der Waals surface area contributed by atoms with Crippen molar-refractivity contribution >= 4 is 42.6 Å². The molecule has 3 aromatic carbocycles. The maximum atomic E-state index is 8.96. The van der Waals surface area contributed by atoms with Gasteiger partial charge in [-0.25, -0.2) is 0 Å². The summed E-state index contributed by atoms with van der Waals surface area (Å²) in [4.78, 5) is 0. The number of halogens is 2. The van der Waals surface area contributed by atoms with Crippen LogP contribution in [0.1, 0.15) is 159 Å². The van der Waals surface area contributed by atoms with Crippen LogP contribution in [-0.4, -0.2) is 6.66 Å². The fraction of sp³-hybridized carbons (Fsp3) is 0.463. The molecule has 0 spiro atoms. The van der Waals surface area contributed by atoms with Crippen molar-refractivity contribution < 1.29 is 12.4 Å². The molecule has 0 fully saturated rings. The molecule has 3 atom stereocenters. The fourth-order valence-corrected chi connectivity index (χ4v) is 36.3. The molecule has 0 saturated carbocycles. The first-order chi connectivity index (χ1) is 21.1. The zero-order chi connectivity index (χ0) is 33.0. The van der Waals surface area contributed by atoms with E-state index >= 15 is 0 Å². The van der Waals surface area contributed by atoms with Gasteiger partial charge in [-0.1, -0.05) is 0 Å². The topological polar surface area (TPSA) is 0 Å². The fourth-order valence-electron chi connectivity index (χ4n) is 8.46. The second-order valence-electron chi connectivity index (χ2n) is 15.2. The van der Waals surface area contributed by atoms with E-state index in [4.69, 9.17) is 18.6 Å². The summed E-state index contributed by atoms with van der Waals surface area (Å²) in [7, 11) is 17.9. The number of benzene rings is 3. The average molecular weight is 695 g/mol. The van der Waals surface area contributed by atoms with Gasteiger partial charge in [0.1, 0.15) is 0 Å². The van der Waals surface area contributed by atoms with E-state index in [9.17, 15) is 0 Å². The number of fused-ring (bicyclic) bond motifs is 2. The van der Waals surface area contributed by atoms with Gasteiger partial charge in [-0.15, -0.1) is 0 Å². The van der Waals surface area contributed by atoms with E-state index in [1.807, 2.05) is 0 Å². The molecule has 0 N–H and O–H groups in total. The monoisotopic (exact) mass is 693 g/mol. The summed E-state index contributed by atoms with van der Waals surface area (Å²) in [5.41, 5.74) is 14.3. The molecule has 0 nitrogen and oxygen atoms in total. The van der Waals surface area contributed by atoms with Crippen LogP contribution < -0.4 is 5.19 Å². The Morgan fingerprint density at radius 2 is 1.02 bits per heavy atom. The van der Waals surface area contributed by atoms with Crippen LogP contribution >= 0.6 is 18.6 Å².